The highest BCUT2D eigenvalue weighted by Gasteiger charge is 2.24. The van der Waals surface area contributed by atoms with Crippen molar-refractivity contribution in [2.45, 2.75) is 38.8 Å². The summed E-state index contributed by atoms with van der Waals surface area (Å²) < 4.78 is 5.04. The number of ether oxygens (including phenoxy) is 1. The van der Waals surface area contributed by atoms with Gasteiger partial charge in [-0.15, -0.1) is 0 Å². The second-order valence-electron chi connectivity index (χ2n) is 4.20. The van der Waals surface area contributed by atoms with Gasteiger partial charge in [-0.2, -0.15) is 0 Å². The van der Waals surface area contributed by atoms with Gasteiger partial charge < -0.3 is 15.4 Å². The zero-order chi connectivity index (χ0) is 10.6. The summed E-state index contributed by atoms with van der Waals surface area (Å²) in [5, 5.41) is 5.81. The van der Waals surface area contributed by atoms with E-state index in [9.17, 15) is 4.79 Å². The molecule has 1 unspecified atom stereocenters. The monoisotopic (exact) mass is 200 g/mol. The molecular formula is C10H20N2O2. The highest BCUT2D eigenvalue weighted by molar-refractivity contribution is 5.74. The molecule has 82 valence electrons. The molecule has 1 rings (SSSR count). The number of methoxy groups -OCH3 is 1. The van der Waals surface area contributed by atoms with Crippen molar-refractivity contribution in [3.05, 3.63) is 0 Å². The van der Waals surface area contributed by atoms with Gasteiger partial charge in [-0.3, -0.25) is 0 Å². The maximum absolute atomic E-state index is 11.4. The molecule has 1 aliphatic carbocycles. The summed E-state index contributed by atoms with van der Waals surface area (Å²) in [6.45, 7) is 4.71. The molecule has 1 aliphatic rings. The van der Waals surface area contributed by atoms with Crippen LogP contribution in [0.25, 0.3) is 0 Å². The Morgan fingerprint density at radius 2 is 2.14 bits per heavy atom. The summed E-state index contributed by atoms with van der Waals surface area (Å²) in [5.74, 6) is 0.389. The van der Waals surface area contributed by atoms with E-state index in [1.54, 1.807) is 7.11 Å². The molecule has 0 radical (unpaired) electrons. The molecule has 1 saturated carbocycles. The summed E-state index contributed by atoms with van der Waals surface area (Å²) in [5.41, 5.74) is 0. The third-order valence-electron chi connectivity index (χ3n) is 2.38. The smallest absolute Gasteiger partial charge is 0.315 e. The number of amides is 2. The lowest BCUT2D eigenvalue weighted by Crippen LogP contribution is -2.47. The third kappa shape index (κ3) is 3.96. The standard InChI is InChI=1S/C10H20N2O2/c1-7(2)9(6-14-3)12-10(13)11-8-4-5-8/h7-9H,4-6H2,1-3H3,(H2,11,12,13). The Hall–Kier alpha value is -0.770. The van der Waals surface area contributed by atoms with Gasteiger partial charge in [0.25, 0.3) is 0 Å². The van der Waals surface area contributed by atoms with Crippen molar-refractivity contribution in [1.29, 1.82) is 0 Å². The van der Waals surface area contributed by atoms with Gasteiger partial charge >= 0.3 is 6.03 Å². The Labute approximate surface area is 85.4 Å². The highest BCUT2D eigenvalue weighted by Crippen LogP contribution is 2.18. The maximum Gasteiger partial charge on any atom is 0.315 e. The first-order valence-corrected chi connectivity index (χ1v) is 5.19. The van der Waals surface area contributed by atoms with Crippen molar-refractivity contribution in [3.8, 4) is 0 Å². The van der Waals surface area contributed by atoms with E-state index in [0.29, 0.717) is 18.6 Å². The first-order valence-electron chi connectivity index (χ1n) is 5.19. The molecule has 4 heteroatoms. The largest absolute Gasteiger partial charge is 0.383 e. The molecule has 0 aromatic heterocycles. The van der Waals surface area contributed by atoms with Gasteiger partial charge in [-0.05, 0) is 18.8 Å². The fourth-order valence-electron chi connectivity index (χ4n) is 1.20. The molecule has 2 N–H and O–H groups in total. The summed E-state index contributed by atoms with van der Waals surface area (Å²) >= 11 is 0. The van der Waals surface area contributed by atoms with E-state index >= 15 is 0 Å². The molecule has 2 amide bonds. The van der Waals surface area contributed by atoms with Crippen molar-refractivity contribution in [2.75, 3.05) is 13.7 Å². The van der Waals surface area contributed by atoms with Crippen molar-refractivity contribution in [2.24, 2.45) is 5.92 Å². The predicted molar refractivity (Wildman–Crippen MR) is 55.2 cm³/mol. The Balaban J connectivity index is 2.25. The van der Waals surface area contributed by atoms with Gasteiger partial charge in [0.2, 0.25) is 0 Å². The van der Waals surface area contributed by atoms with Crippen molar-refractivity contribution in [1.82, 2.24) is 10.6 Å². The lowest BCUT2D eigenvalue weighted by atomic mass is 10.1. The van der Waals surface area contributed by atoms with Crippen LogP contribution in [-0.2, 0) is 4.74 Å². The molecule has 0 saturated heterocycles. The fourth-order valence-corrected chi connectivity index (χ4v) is 1.20. The van der Waals surface area contributed by atoms with Crippen LogP contribution in [0.1, 0.15) is 26.7 Å². The lowest BCUT2D eigenvalue weighted by molar-refractivity contribution is 0.148. The van der Waals surface area contributed by atoms with Crippen LogP contribution in [0.5, 0.6) is 0 Å². The summed E-state index contributed by atoms with van der Waals surface area (Å²) in [6, 6.07) is 0.437. The molecule has 0 heterocycles. The highest BCUT2D eigenvalue weighted by atomic mass is 16.5. The van der Waals surface area contributed by atoms with E-state index < -0.39 is 0 Å². The quantitative estimate of drug-likeness (QED) is 0.698. The fraction of sp³-hybridized carbons (Fsp3) is 0.900. The number of carbonyl (C=O) groups is 1. The van der Waals surface area contributed by atoms with E-state index in [1.807, 2.05) is 0 Å². The zero-order valence-electron chi connectivity index (χ0n) is 9.17. The number of urea groups is 1. The molecule has 1 fully saturated rings. The van der Waals surface area contributed by atoms with Crippen LogP contribution in [0.3, 0.4) is 0 Å². The molecule has 0 aromatic rings. The number of rotatable bonds is 5. The number of hydrogen-bond donors (Lipinski definition) is 2. The minimum atomic E-state index is -0.0664. The average Bonchev–Trinajstić information content (AvgIpc) is 2.87. The molecular weight excluding hydrogens is 180 g/mol. The van der Waals surface area contributed by atoms with Crippen LogP contribution in [0.15, 0.2) is 0 Å². The van der Waals surface area contributed by atoms with Crippen LogP contribution < -0.4 is 10.6 Å². The molecule has 0 bridgehead atoms. The second-order valence-corrected chi connectivity index (χ2v) is 4.20. The minimum absolute atomic E-state index is 0.0664. The van der Waals surface area contributed by atoms with Crippen LogP contribution in [0.4, 0.5) is 4.79 Å². The molecule has 0 aromatic carbocycles. The number of carbonyl (C=O) groups excluding carboxylic acids is 1. The third-order valence-corrected chi connectivity index (χ3v) is 2.38. The number of hydrogen-bond acceptors (Lipinski definition) is 2. The van der Waals surface area contributed by atoms with Crippen molar-refractivity contribution >= 4 is 6.03 Å². The van der Waals surface area contributed by atoms with Gasteiger partial charge in [0.1, 0.15) is 0 Å². The molecule has 1 atom stereocenters. The van der Waals surface area contributed by atoms with Crippen molar-refractivity contribution < 1.29 is 9.53 Å². The molecule has 0 aliphatic heterocycles. The predicted octanol–water partition coefficient (Wildman–Crippen LogP) is 1.12. The first-order chi connectivity index (χ1) is 6.63. The first kappa shape index (κ1) is 11.3. The second kappa shape index (κ2) is 5.20. The summed E-state index contributed by atoms with van der Waals surface area (Å²) in [6.07, 6.45) is 2.23. The SMILES string of the molecule is COCC(NC(=O)NC1CC1)C(C)C. The van der Waals surface area contributed by atoms with E-state index in [0.717, 1.165) is 12.8 Å². The number of nitrogens with one attached hydrogen (secondary N) is 2. The topological polar surface area (TPSA) is 50.4 Å². The van der Waals surface area contributed by atoms with Crippen LogP contribution in [0, 0.1) is 5.92 Å². The normalized spacial score (nSPS) is 18.0. The van der Waals surface area contributed by atoms with E-state index in [4.69, 9.17) is 4.74 Å². The van der Waals surface area contributed by atoms with Crippen LogP contribution in [0.2, 0.25) is 0 Å². The van der Waals surface area contributed by atoms with Crippen molar-refractivity contribution in [3.63, 3.8) is 0 Å². The Morgan fingerprint density at radius 3 is 2.57 bits per heavy atom. The minimum Gasteiger partial charge on any atom is -0.383 e. The molecule has 0 spiro atoms. The zero-order valence-corrected chi connectivity index (χ0v) is 9.17. The Morgan fingerprint density at radius 1 is 1.50 bits per heavy atom. The van der Waals surface area contributed by atoms with E-state index in [1.165, 1.54) is 0 Å². The van der Waals surface area contributed by atoms with Gasteiger partial charge in [0.05, 0.1) is 12.6 Å². The Bertz CT molecular complexity index is 191. The van der Waals surface area contributed by atoms with Gasteiger partial charge in [0.15, 0.2) is 0 Å². The van der Waals surface area contributed by atoms with Gasteiger partial charge in [0, 0.05) is 13.2 Å². The van der Waals surface area contributed by atoms with Gasteiger partial charge in [-0.25, -0.2) is 4.79 Å². The van der Waals surface area contributed by atoms with E-state index in [-0.39, 0.29) is 12.1 Å². The van der Waals surface area contributed by atoms with Gasteiger partial charge in [-0.1, -0.05) is 13.8 Å². The lowest BCUT2D eigenvalue weighted by Gasteiger charge is -2.21. The van der Waals surface area contributed by atoms with E-state index in [2.05, 4.69) is 24.5 Å². The summed E-state index contributed by atoms with van der Waals surface area (Å²) in [4.78, 5) is 11.4. The maximum atomic E-state index is 11.4. The van der Waals surface area contributed by atoms with Crippen LogP contribution in [-0.4, -0.2) is 31.8 Å². The summed E-state index contributed by atoms with van der Waals surface area (Å²) in [7, 11) is 1.65. The molecule has 14 heavy (non-hydrogen) atoms. The Kier molecular flexibility index (Phi) is 4.20. The molecule has 4 nitrogen and oxygen atoms in total. The average molecular weight is 200 g/mol. The van der Waals surface area contributed by atoms with Crippen LogP contribution >= 0.6 is 0 Å².